The van der Waals surface area contributed by atoms with Gasteiger partial charge in [-0.2, -0.15) is 0 Å². The fraction of sp³-hybridized carbons (Fsp3) is 0.455. The summed E-state index contributed by atoms with van der Waals surface area (Å²) in [6, 6.07) is 9.16. The fourth-order valence-corrected chi connectivity index (χ4v) is 1.28. The second-order valence-electron chi connectivity index (χ2n) is 3.55. The normalized spacial score (nSPS) is 12.5. The van der Waals surface area contributed by atoms with Gasteiger partial charge in [0.1, 0.15) is 0 Å². The van der Waals surface area contributed by atoms with Crippen LogP contribution in [0.3, 0.4) is 0 Å². The lowest BCUT2D eigenvalue weighted by Gasteiger charge is -2.12. The number of benzene rings is 1. The fourth-order valence-electron chi connectivity index (χ4n) is 1.28. The number of hydrogen-bond acceptors (Lipinski definition) is 3. The summed E-state index contributed by atoms with van der Waals surface area (Å²) >= 11 is 0. The van der Waals surface area contributed by atoms with Crippen molar-refractivity contribution < 1.29 is 14.7 Å². The lowest BCUT2D eigenvalue weighted by molar-refractivity contribution is -0.253. The van der Waals surface area contributed by atoms with E-state index in [0.29, 0.717) is 5.46 Å². The van der Waals surface area contributed by atoms with E-state index in [9.17, 15) is 5.02 Å². The summed E-state index contributed by atoms with van der Waals surface area (Å²) in [7, 11) is -1.01. The third kappa shape index (κ3) is 4.47. The molecule has 0 aliphatic carbocycles. The highest BCUT2D eigenvalue weighted by Gasteiger charge is 2.18. The topological polar surface area (TPSA) is 38.7 Å². The zero-order valence-corrected chi connectivity index (χ0v) is 9.22. The first-order chi connectivity index (χ1) is 7.24. The second-order valence-corrected chi connectivity index (χ2v) is 3.55. The first-order valence-electron chi connectivity index (χ1n) is 5.29. The molecule has 1 aromatic carbocycles. The van der Waals surface area contributed by atoms with Crippen LogP contribution >= 0.6 is 0 Å². The van der Waals surface area contributed by atoms with Crippen LogP contribution in [0.4, 0.5) is 0 Å². The highest BCUT2D eigenvalue weighted by Crippen LogP contribution is 2.01. The largest absolute Gasteiger partial charge is 0.523 e. The van der Waals surface area contributed by atoms with Gasteiger partial charge in [0, 0.05) is 0 Å². The van der Waals surface area contributed by atoms with Gasteiger partial charge in [0.25, 0.3) is 0 Å². The van der Waals surface area contributed by atoms with Crippen molar-refractivity contribution in [2.75, 3.05) is 0 Å². The molecule has 1 rings (SSSR count). The predicted octanol–water partition coefficient (Wildman–Crippen LogP) is 1.51. The molecule has 1 N–H and O–H groups in total. The molecule has 0 fully saturated rings. The minimum atomic E-state index is -1.01. The molecule has 0 saturated heterocycles. The van der Waals surface area contributed by atoms with Crippen LogP contribution < -0.4 is 5.46 Å². The minimum Gasteiger partial charge on any atom is -0.422 e. The van der Waals surface area contributed by atoms with Crippen molar-refractivity contribution in [3.05, 3.63) is 30.3 Å². The molecule has 1 atom stereocenters. The number of rotatable bonds is 6. The molecular formula is C11H17BO3. The van der Waals surface area contributed by atoms with Gasteiger partial charge in [0.15, 0.2) is 0 Å². The van der Waals surface area contributed by atoms with E-state index in [1.807, 2.05) is 25.1 Å². The highest BCUT2D eigenvalue weighted by molar-refractivity contribution is 6.59. The maximum Gasteiger partial charge on any atom is 0.523 e. The van der Waals surface area contributed by atoms with E-state index < -0.39 is 7.12 Å². The Morgan fingerprint density at radius 3 is 2.60 bits per heavy atom. The molecule has 0 spiro atoms. The van der Waals surface area contributed by atoms with Crippen LogP contribution in [0.25, 0.3) is 0 Å². The van der Waals surface area contributed by atoms with Crippen molar-refractivity contribution >= 4 is 12.6 Å². The average molecular weight is 208 g/mol. The molecule has 0 heterocycles. The summed E-state index contributed by atoms with van der Waals surface area (Å²) in [6.45, 7) is 3.99. The standard InChI is InChI=1S/C11H17BO3/c1-3-7-10(2)14-15-12(13)11-8-5-4-6-9-11/h4-6,8-10,13H,3,7H2,1-2H3. The molecule has 0 aliphatic rings. The Labute approximate surface area is 91.1 Å². The molecule has 0 aromatic heterocycles. The van der Waals surface area contributed by atoms with Crippen molar-refractivity contribution in [2.24, 2.45) is 0 Å². The Morgan fingerprint density at radius 2 is 2.00 bits per heavy atom. The van der Waals surface area contributed by atoms with Gasteiger partial charge in [-0.15, -0.1) is 0 Å². The smallest absolute Gasteiger partial charge is 0.422 e. The monoisotopic (exact) mass is 208 g/mol. The molecule has 0 bridgehead atoms. The summed E-state index contributed by atoms with van der Waals surface area (Å²) in [4.78, 5) is 9.95. The molecule has 4 heteroatoms. The average Bonchev–Trinajstić information content (AvgIpc) is 2.27. The molecule has 1 unspecified atom stereocenters. The zero-order valence-electron chi connectivity index (χ0n) is 9.22. The summed E-state index contributed by atoms with van der Waals surface area (Å²) in [5, 5.41) is 9.59. The molecule has 0 radical (unpaired) electrons. The Morgan fingerprint density at radius 1 is 1.33 bits per heavy atom. The molecule has 3 nitrogen and oxygen atoms in total. The van der Waals surface area contributed by atoms with Gasteiger partial charge in [-0.25, -0.2) is 4.89 Å². The maximum atomic E-state index is 9.59. The van der Waals surface area contributed by atoms with E-state index in [-0.39, 0.29) is 6.10 Å². The molecule has 0 aliphatic heterocycles. The van der Waals surface area contributed by atoms with Gasteiger partial charge in [-0.3, -0.25) is 4.81 Å². The van der Waals surface area contributed by atoms with Gasteiger partial charge in [-0.1, -0.05) is 43.7 Å². The number of hydrogen-bond donors (Lipinski definition) is 1. The first-order valence-corrected chi connectivity index (χ1v) is 5.29. The molecule has 0 amide bonds. The van der Waals surface area contributed by atoms with Crippen molar-refractivity contribution in [2.45, 2.75) is 32.8 Å². The first kappa shape index (κ1) is 12.2. The Kier molecular flexibility index (Phi) is 5.39. The van der Waals surface area contributed by atoms with Crippen LogP contribution in [0.1, 0.15) is 26.7 Å². The van der Waals surface area contributed by atoms with Crippen molar-refractivity contribution in [3.8, 4) is 0 Å². The summed E-state index contributed by atoms with van der Waals surface area (Å²) in [6.07, 6.45) is 1.96. The van der Waals surface area contributed by atoms with Crippen molar-refractivity contribution in [1.82, 2.24) is 0 Å². The molecule has 82 valence electrons. The van der Waals surface area contributed by atoms with Gasteiger partial charge < -0.3 is 5.02 Å². The predicted molar refractivity (Wildman–Crippen MR) is 60.6 cm³/mol. The van der Waals surface area contributed by atoms with Gasteiger partial charge in [0.2, 0.25) is 0 Å². The molecule has 15 heavy (non-hydrogen) atoms. The molecule has 1 aromatic rings. The highest BCUT2D eigenvalue weighted by atomic mass is 17.2. The van der Waals surface area contributed by atoms with Crippen LogP contribution in [0.5, 0.6) is 0 Å². The maximum absolute atomic E-state index is 9.59. The third-order valence-electron chi connectivity index (χ3n) is 2.09. The zero-order chi connectivity index (χ0) is 11.1. The van der Waals surface area contributed by atoms with Crippen LogP contribution in [0.2, 0.25) is 0 Å². The van der Waals surface area contributed by atoms with E-state index >= 15 is 0 Å². The van der Waals surface area contributed by atoms with Crippen LogP contribution in [-0.2, 0) is 9.69 Å². The summed E-state index contributed by atoms with van der Waals surface area (Å²) in [5.41, 5.74) is 0.696. The van der Waals surface area contributed by atoms with Crippen molar-refractivity contribution in [1.29, 1.82) is 0 Å². The second kappa shape index (κ2) is 6.61. The lowest BCUT2D eigenvalue weighted by atomic mass is 9.80. The van der Waals surface area contributed by atoms with E-state index in [1.165, 1.54) is 0 Å². The van der Waals surface area contributed by atoms with Crippen LogP contribution in [-0.4, -0.2) is 18.2 Å². The van der Waals surface area contributed by atoms with Crippen LogP contribution in [0.15, 0.2) is 30.3 Å². The molecule has 0 saturated carbocycles. The van der Waals surface area contributed by atoms with E-state index in [1.54, 1.807) is 12.1 Å². The van der Waals surface area contributed by atoms with Crippen molar-refractivity contribution in [3.63, 3.8) is 0 Å². The Balaban J connectivity index is 2.33. The summed E-state index contributed by atoms with van der Waals surface area (Å²) in [5.74, 6) is 0. The third-order valence-corrected chi connectivity index (χ3v) is 2.09. The quantitative estimate of drug-likeness (QED) is 0.437. The minimum absolute atomic E-state index is 0.00774. The van der Waals surface area contributed by atoms with Gasteiger partial charge in [-0.05, 0) is 18.8 Å². The SMILES string of the molecule is CCCC(C)OOB(O)c1ccccc1. The summed E-state index contributed by atoms with van der Waals surface area (Å²) < 4.78 is 0. The van der Waals surface area contributed by atoms with Crippen LogP contribution in [0, 0.1) is 0 Å². The van der Waals surface area contributed by atoms with E-state index in [4.69, 9.17) is 9.69 Å². The van der Waals surface area contributed by atoms with Gasteiger partial charge >= 0.3 is 7.12 Å². The van der Waals surface area contributed by atoms with E-state index in [0.717, 1.165) is 12.8 Å². The Hall–Kier alpha value is -0.835. The molecular weight excluding hydrogens is 191 g/mol. The van der Waals surface area contributed by atoms with Gasteiger partial charge in [0.05, 0.1) is 6.10 Å². The van der Waals surface area contributed by atoms with E-state index in [2.05, 4.69) is 6.92 Å². The lowest BCUT2D eigenvalue weighted by Crippen LogP contribution is -2.34. The Bertz CT molecular complexity index is 266.